The van der Waals surface area contributed by atoms with Crippen molar-refractivity contribution in [2.75, 3.05) is 11.4 Å². The zero-order valence-corrected chi connectivity index (χ0v) is 16.8. The van der Waals surface area contributed by atoms with E-state index in [1.165, 1.54) is 23.5 Å². The average Bonchev–Trinajstić information content (AvgIpc) is 2.72. The molecule has 0 aliphatic carbocycles. The molecule has 150 valence electrons. The maximum atomic E-state index is 13.6. The molecule has 0 aromatic heterocycles. The van der Waals surface area contributed by atoms with Crippen molar-refractivity contribution in [3.05, 3.63) is 94.0 Å². The first kappa shape index (κ1) is 20.3. The van der Waals surface area contributed by atoms with Crippen LogP contribution in [0.25, 0.3) is 0 Å². The van der Waals surface area contributed by atoms with Crippen LogP contribution in [-0.2, 0) is 16.6 Å². The molecule has 0 N–H and O–H groups in total. The number of anilines is 1. The molecule has 29 heavy (non-hydrogen) atoms. The van der Waals surface area contributed by atoms with Crippen LogP contribution in [0.5, 0.6) is 5.75 Å². The van der Waals surface area contributed by atoms with Crippen molar-refractivity contribution in [1.29, 1.82) is 0 Å². The van der Waals surface area contributed by atoms with Crippen LogP contribution in [0.2, 0.25) is 0 Å². The van der Waals surface area contributed by atoms with E-state index in [9.17, 15) is 18.5 Å². The van der Waals surface area contributed by atoms with E-state index in [-0.39, 0.29) is 11.4 Å². The van der Waals surface area contributed by atoms with Gasteiger partial charge in [-0.15, -0.1) is 0 Å². The number of sulfonamides is 1. The number of nitrogens with zero attached hydrogens (tertiary/aromatic N) is 2. The highest BCUT2D eigenvalue weighted by Crippen LogP contribution is 2.34. The van der Waals surface area contributed by atoms with Gasteiger partial charge in [-0.05, 0) is 42.3 Å². The van der Waals surface area contributed by atoms with Crippen molar-refractivity contribution < 1.29 is 18.1 Å². The summed E-state index contributed by atoms with van der Waals surface area (Å²) in [6, 6.07) is 19.8. The summed E-state index contributed by atoms with van der Waals surface area (Å²) in [5.74, 6) is 0.577. The van der Waals surface area contributed by atoms with E-state index in [1.807, 2.05) is 18.2 Å². The van der Waals surface area contributed by atoms with Gasteiger partial charge in [0.15, 0.2) is 4.90 Å². The van der Waals surface area contributed by atoms with E-state index in [0.29, 0.717) is 17.0 Å². The van der Waals surface area contributed by atoms with E-state index in [4.69, 9.17) is 4.74 Å². The smallest absolute Gasteiger partial charge is 0.290 e. The van der Waals surface area contributed by atoms with Crippen molar-refractivity contribution in [3.8, 4) is 5.75 Å². The Kier molecular flexibility index (Phi) is 5.84. The lowest BCUT2D eigenvalue weighted by Crippen LogP contribution is -2.31. The second-order valence-electron chi connectivity index (χ2n) is 6.38. The van der Waals surface area contributed by atoms with Crippen LogP contribution in [0, 0.1) is 17.0 Å². The Morgan fingerprint density at radius 1 is 0.966 bits per heavy atom. The van der Waals surface area contributed by atoms with Gasteiger partial charge in [0.2, 0.25) is 0 Å². The minimum atomic E-state index is -4.23. The lowest BCUT2D eigenvalue weighted by molar-refractivity contribution is -0.387. The predicted octanol–water partition coefficient (Wildman–Crippen LogP) is 4.31. The van der Waals surface area contributed by atoms with Gasteiger partial charge in [0.05, 0.1) is 24.3 Å². The van der Waals surface area contributed by atoms with Crippen molar-refractivity contribution >= 4 is 21.4 Å². The van der Waals surface area contributed by atoms with Gasteiger partial charge in [0, 0.05) is 6.07 Å². The Morgan fingerprint density at radius 2 is 1.62 bits per heavy atom. The van der Waals surface area contributed by atoms with Crippen LogP contribution in [0.4, 0.5) is 11.4 Å². The highest BCUT2D eigenvalue weighted by molar-refractivity contribution is 7.93. The molecule has 0 aliphatic heterocycles. The third kappa shape index (κ3) is 4.22. The Hall–Kier alpha value is -3.39. The Bertz CT molecular complexity index is 1110. The molecule has 0 aliphatic rings. The predicted molar refractivity (Wildman–Crippen MR) is 111 cm³/mol. The molecule has 3 aromatic rings. The Balaban J connectivity index is 2.18. The summed E-state index contributed by atoms with van der Waals surface area (Å²) in [7, 11) is -2.71. The number of rotatable bonds is 7. The van der Waals surface area contributed by atoms with Gasteiger partial charge >= 0.3 is 0 Å². The lowest BCUT2D eigenvalue weighted by Gasteiger charge is -2.25. The normalized spacial score (nSPS) is 11.1. The number of hydrogen-bond acceptors (Lipinski definition) is 5. The number of benzene rings is 3. The van der Waals surface area contributed by atoms with Gasteiger partial charge < -0.3 is 4.74 Å². The van der Waals surface area contributed by atoms with Gasteiger partial charge in [-0.25, -0.2) is 8.42 Å². The number of methoxy groups -OCH3 is 1. The zero-order chi connectivity index (χ0) is 21.0. The number of ether oxygens (including phenoxy) is 1. The molecule has 0 saturated carbocycles. The maximum Gasteiger partial charge on any atom is 0.290 e. The minimum absolute atomic E-state index is 0.0288. The molecule has 7 nitrogen and oxygen atoms in total. The van der Waals surface area contributed by atoms with Gasteiger partial charge in [0.25, 0.3) is 15.7 Å². The molecule has 0 spiro atoms. The maximum absolute atomic E-state index is 13.6. The molecule has 0 saturated heterocycles. The highest BCUT2D eigenvalue weighted by atomic mass is 32.2. The first-order valence-corrected chi connectivity index (χ1v) is 10.2. The van der Waals surface area contributed by atoms with Crippen LogP contribution in [0.15, 0.2) is 77.7 Å². The summed E-state index contributed by atoms with van der Waals surface area (Å²) < 4.78 is 33.6. The van der Waals surface area contributed by atoms with Gasteiger partial charge in [-0.2, -0.15) is 0 Å². The number of nitro groups is 1. The fourth-order valence-corrected chi connectivity index (χ4v) is 4.86. The van der Waals surface area contributed by atoms with E-state index in [2.05, 4.69) is 0 Å². The molecule has 8 heteroatoms. The minimum Gasteiger partial charge on any atom is -0.497 e. The first-order valence-electron chi connectivity index (χ1n) is 8.79. The fraction of sp³-hybridized carbons (Fsp3) is 0.143. The van der Waals surface area contributed by atoms with E-state index < -0.39 is 20.6 Å². The van der Waals surface area contributed by atoms with Crippen molar-refractivity contribution in [2.45, 2.75) is 18.4 Å². The average molecular weight is 412 g/mol. The quantitative estimate of drug-likeness (QED) is 0.426. The van der Waals surface area contributed by atoms with Crippen LogP contribution in [-0.4, -0.2) is 20.5 Å². The third-order valence-electron chi connectivity index (χ3n) is 4.47. The Labute approximate surface area is 169 Å². The van der Waals surface area contributed by atoms with Crippen LogP contribution < -0.4 is 9.04 Å². The summed E-state index contributed by atoms with van der Waals surface area (Å²) in [5.41, 5.74) is 0.998. The third-order valence-corrected chi connectivity index (χ3v) is 6.43. The number of hydrogen-bond donors (Lipinski definition) is 0. The summed E-state index contributed by atoms with van der Waals surface area (Å²) in [6.45, 7) is 1.58. The molecule has 0 heterocycles. The zero-order valence-electron chi connectivity index (χ0n) is 16.0. The number of nitro benzene ring substituents is 1. The molecule has 0 fully saturated rings. The van der Waals surface area contributed by atoms with Crippen molar-refractivity contribution in [1.82, 2.24) is 0 Å². The van der Waals surface area contributed by atoms with E-state index >= 15 is 0 Å². The summed E-state index contributed by atoms with van der Waals surface area (Å²) >= 11 is 0. The van der Waals surface area contributed by atoms with Gasteiger partial charge in [0.1, 0.15) is 5.75 Å². The monoisotopic (exact) mass is 412 g/mol. The largest absolute Gasteiger partial charge is 0.497 e. The highest BCUT2D eigenvalue weighted by Gasteiger charge is 2.33. The van der Waals surface area contributed by atoms with Crippen LogP contribution in [0.3, 0.4) is 0 Å². The first-order chi connectivity index (χ1) is 13.8. The Morgan fingerprint density at radius 3 is 2.21 bits per heavy atom. The topological polar surface area (TPSA) is 89.8 Å². The van der Waals surface area contributed by atoms with Crippen molar-refractivity contribution in [3.63, 3.8) is 0 Å². The summed E-state index contributed by atoms with van der Waals surface area (Å²) in [5, 5.41) is 11.5. The molecule has 0 atom stereocenters. The van der Waals surface area contributed by atoms with Crippen LogP contribution >= 0.6 is 0 Å². The molecule has 0 bridgehead atoms. The standard InChI is InChI=1S/C21H20N2O5S/c1-16-7-6-10-20(23(24)25)21(16)29(26,27)22(15-17-8-4-3-5-9-17)18-11-13-19(28-2)14-12-18/h3-14H,15H2,1-2H3. The second-order valence-corrected chi connectivity index (χ2v) is 8.17. The molecular formula is C21H20N2O5S. The van der Waals surface area contributed by atoms with Gasteiger partial charge in [-0.3, -0.25) is 14.4 Å². The fourth-order valence-electron chi connectivity index (χ4n) is 3.04. The van der Waals surface area contributed by atoms with E-state index in [0.717, 1.165) is 5.56 Å². The lowest BCUT2D eigenvalue weighted by atomic mass is 10.2. The summed E-state index contributed by atoms with van der Waals surface area (Å²) in [4.78, 5) is 10.5. The van der Waals surface area contributed by atoms with E-state index in [1.54, 1.807) is 49.4 Å². The molecule has 3 aromatic carbocycles. The SMILES string of the molecule is COc1ccc(N(Cc2ccccc2)S(=O)(=O)c2c(C)cccc2[N+](=O)[O-])cc1. The van der Waals surface area contributed by atoms with Crippen molar-refractivity contribution in [2.24, 2.45) is 0 Å². The molecule has 0 unspecified atom stereocenters. The molecular weight excluding hydrogens is 392 g/mol. The second kappa shape index (κ2) is 8.32. The number of aryl methyl sites for hydroxylation is 1. The molecule has 0 radical (unpaired) electrons. The molecule has 3 rings (SSSR count). The summed E-state index contributed by atoms with van der Waals surface area (Å²) in [6.07, 6.45) is 0. The van der Waals surface area contributed by atoms with Crippen LogP contribution in [0.1, 0.15) is 11.1 Å². The molecule has 0 amide bonds. The van der Waals surface area contributed by atoms with Gasteiger partial charge in [-0.1, -0.05) is 42.5 Å².